The summed E-state index contributed by atoms with van der Waals surface area (Å²) in [5, 5.41) is 0. The van der Waals surface area contributed by atoms with Crippen molar-refractivity contribution in [2.45, 2.75) is 46.0 Å². The third kappa shape index (κ3) is 1.50. The lowest BCUT2D eigenvalue weighted by Gasteiger charge is -2.28. The maximum atomic E-state index is 2.38. The second-order valence-electron chi connectivity index (χ2n) is 3.72. The summed E-state index contributed by atoms with van der Waals surface area (Å²) in [4.78, 5) is 0. The Kier molecular flexibility index (Phi) is 1.59. The van der Waals surface area contributed by atoms with E-state index in [0.717, 1.165) is 0 Å². The first-order chi connectivity index (χ1) is 3.71. The van der Waals surface area contributed by atoms with Crippen molar-refractivity contribution in [2.75, 3.05) is 0 Å². The van der Waals surface area contributed by atoms with Crippen LogP contribution < -0.4 is 0 Å². The standard InChI is InChI=1S/C8H16.H2/c1-8(2)6-4-3-5-7-8;/h3-7H2,1-2H3;1H. The van der Waals surface area contributed by atoms with Crippen LogP contribution in [0.2, 0.25) is 0 Å². The molecular weight excluding hydrogens is 96.1 g/mol. The Hall–Kier alpha value is 0. The molecule has 0 aromatic heterocycles. The van der Waals surface area contributed by atoms with E-state index in [-0.39, 0.29) is 1.43 Å². The van der Waals surface area contributed by atoms with E-state index in [0.29, 0.717) is 5.41 Å². The molecule has 1 saturated carbocycles. The van der Waals surface area contributed by atoms with Crippen LogP contribution in [0.5, 0.6) is 0 Å². The zero-order valence-electron chi connectivity index (χ0n) is 6.04. The van der Waals surface area contributed by atoms with Crippen LogP contribution in [0.1, 0.15) is 47.4 Å². The summed E-state index contributed by atoms with van der Waals surface area (Å²) in [5.41, 5.74) is 0.679. The molecule has 0 amide bonds. The zero-order chi connectivity index (χ0) is 6.04. The van der Waals surface area contributed by atoms with Gasteiger partial charge in [-0.05, 0) is 18.3 Å². The monoisotopic (exact) mass is 114 g/mol. The molecule has 0 nitrogen and oxygen atoms in total. The molecule has 0 atom stereocenters. The third-order valence-electron chi connectivity index (χ3n) is 2.21. The van der Waals surface area contributed by atoms with Crippen LogP contribution in [0, 0.1) is 5.41 Å². The molecule has 0 N–H and O–H groups in total. The van der Waals surface area contributed by atoms with E-state index in [2.05, 4.69) is 13.8 Å². The highest BCUT2D eigenvalue weighted by atomic mass is 14.3. The lowest BCUT2D eigenvalue weighted by atomic mass is 9.78. The van der Waals surface area contributed by atoms with Crippen molar-refractivity contribution in [3.63, 3.8) is 0 Å². The highest BCUT2D eigenvalue weighted by Gasteiger charge is 2.19. The van der Waals surface area contributed by atoms with Gasteiger partial charge in [0.25, 0.3) is 0 Å². The van der Waals surface area contributed by atoms with Gasteiger partial charge in [-0.2, -0.15) is 0 Å². The molecule has 50 valence electrons. The van der Waals surface area contributed by atoms with Crippen molar-refractivity contribution in [3.05, 3.63) is 0 Å². The van der Waals surface area contributed by atoms with E-state index in [1.807, 2.05) is 0 Å². The number of hydrogen-bond acceptors (Lipinski definition) is 0. The summed E-state index contributed by atoms with van der Waals surface area (Å²) in [5.74, 6) is 0. The molecule has 1 aliphatic carbocycles. The Morgan fingerprint density at radius 1 is 1.00 bits per heavy atom. The van der Waals surface area contributed by atoms with Crippen LogP contribution in [0.3, 0.4) is 0 Å². The third-order valence-corrected chi connectivity index (χ3v) is 2.21. The second-order valence-corrected chi connectivity index (χ2v) is 3.72. The van der Waals surface area contributed by atoms with Gasteiger partial charge in [-0.1, -0.05) is 33.1 Å². The highest BCUT2D eigenvalue weighted by Crippen LogP contribution is 2.34. The van der Waals surface area contributed by atoms with Crippen molar-refractivity contribution >= 4 is 0 Å². The van der Waals surface area contributed by atoms with E-state index in [1.165, 1.54) is 32.1 Å². The summed E-state index contributed by atoms with van der Waals surface area (Å²) >= 11 is 0. The predicted molar refractivity (Wildman–Crippen MR) is 39.0 cm³/mol. The molecule has 0 unspecified atom stereocenters. The largest absolute Gasteiger partial charge is 0.0599 e. The SMILES string of the molecule is CC1(C)CCCCC1.[HH]. The van der Waals surface area contributed by atoms with Gasteiger partial charge in [-0.3, -0.25) is 0 Å². The quantitative estimate of drug-likeness (QED) is 0.453. The van der Waals surface area contributed by atoms with Gasteiger partial charge >= 0.3 is 0 Å². The summed E-state index contributed by atoms with van der Waals surface area (Å²) in [6.45, 7) is 4.76. The molecule has 0 aliphatic heterocycles. The molecule has 0 aromatic rings. The summed E-state index contributed by atoms with van der Waals surface area (Å²) in [7, 11) is 0. The van der Waals surface area contributed by atoms with Crippen molar-refractivity contribution in [3.8, 4) is 0 Å². The van der Waals surface area contributed by atoms with Gasteiger partial charge in [0.2, 0.25) is 0 Å². The van der Waals surface area contributed by atoms with E-state index in [4.69, 9.17) is 0 Å². The minimum atomic E-state index is 0. The summed E-state index contributed by atoms with van der Waals surface area (Å²) in [6, 6.07) is 0. The smallest absolute Gasteiger partial charge is 0 e. The molecule has 1 aliphatic rings. The maximum Gasteiger partial charge on any atom is 0 e. The minimum absolute atomic E-state index is 0. The molecular formula is C8H18. The Bertz CT molecular complexity index is 68.6. The first kappa shape index (κ1) is 6.12. The van der Waals surface area contributed by atoms with E-state index in [1.54, 1.807) is 0 Å². The highest BCUT2D eigenvalue weighted by molar-refractivity contribution is 4.72. The fraction of sp³-hybridized carbons (Fsp3) is 1.00. The normalized spacial score (nSPS) is 27.8. The van der Waals surface area contributed by atoms with E-state index < -0.39 is 0 Å². The van der Waals surface area contributed by atoms with Crippen molar-refractivity contribution < 1.29 is 1.43 Å². The molecule has 0 heterocycles. The molecule has 1 fully saturated rings. The van der Waals surface area contributed by atoms with Crippen LogP contribution in [-0.4, -0.2) is 0 Å². The van der Waals surface area contributed by atoms with Gasteiger partial charge in [0.1, 0.15) is 0 Å². The first-order valence-electron chi connectivity index (χ1n) is 3.71. The Morgan fingerprint density at radius 3 is 1.75 bits per heavy atom. The van der Waals surface area contributed by atoms with Crippen LogP contribution in [0.25, 0.3) is 0 Å². The average Bonchev–Trinajstić information content (AvgIpc) is 1.65. The van der Waals surface area contributed by atoms with Gasteiger partial charge < -0.3 is 0 Å². The van der Waals surface area contributed by atoms with Crippen molar-refractivity contribution in [2.24, 2.45) is 5.41 Å². The lowest BCUT2D eigenvalue weighted by Crippen LogP contribution is -2.14. The average molecular weight is 114 g/mol. The van der Waals surface area contributed by atoms with Gasteiger partial charge in [-0.25, -0.2) is 0 Å². The molecule has 0 radical (unpaired) electrons. The Labute approximate surface area is 53.8 Å². The maximum absolute atomic E-state index is 2.38. The van der Waals surface area contributed by atoms with Gasteiger partial charge in [0.15, 0.2) is 0 Å². The van der Waals surface area contributed by atoms with Crippen LogP contribution in [-0.2, 0) is 0 Å². The molecule has 0 aromatic carbocycles. The summed E-state index contributed by atoms with van der Waals surface area (Å²) in [6.07, 6.45) is 7.31. The van der Waals surface area contributed by atoms with Gasteiger partial charge in [0.05, 0.1) is 0 Å². The first-order valence-corrected chi connectivity index (χ1v) is 3.71. The molecule has 0 bridgehead atoms. The fourth-order valence-corrected chi connectivity index (χ4v) is 1.51. The zero-order valence-corrected chi connectivity index (χ0v) is 6.04. The van der Waals surface area contributed by atoms with Crippen LogP contribution in [0.4, 0.5) is 0 Å². The van der Waals surface area contributed by atoms with E-state index in [9.17, 15) is 0 Å². The number of rotatable bonds is 0. The Morgan fingerprint density at radius 2 is 1.50 bits per heavy atom. The molecule has 1 rings (SSSR count). The lowest BCUT2D eigenvalue weighted by molar-refractivity contribution is 0.244. The molecule has 0 saturated heterocycles. The predicted octanol–water partition coefficient (Wildman–Crippen LogP) is 3.22. The van der Waals surface area contributed by atoms with Crippen LogP contribution >= 0.6 is 0 Å². The molecule has 8 heavy (non-hydrogen) atoms. The van der Waals surface area contributed by atoms with Gasteiger partial charge in [-0.15, -0.1) is 0 Å². The fourth-order valence-electron chi connectivity index (χ4n) is 1.51. The Balaban J connectivity index is 0.000000640. The van der Waals surface area contributed by atoms with Crippen molar-refractivity contribution in [1.29, 1.82) is 0 Å². The summed E-state index contributed by atoms with van der Waals surface area (Å²) < 4.78 is 0. The minimum Gasteiger partial charge on any atom is -0.0599 e. The van der Waals surface area contributed by atoms with Crippen LogP contribution in [0.15, 0.2) is 0 Å². The van der Waals surface area contributed by atoms with E-state index >= 15 is 0 Å². The second kappa shape index (κ2) is 2.08. The molecule has 0 heteroatoms. The van der Waals surface area contributed by atoms with Crippen molar-refractivity contribution in [1.82, 2.24) is 0 Å². The molecule has 0 spiro atoms. The topological polar surface area (TPSA) is 0 Å². The number of hydrogen-bond donors (Lipinski definition) is 0. The van der Waals surface area contributed by atoms with Gasteiger partial charge in [0, 0.05) is 1.43 Å².